The van der Waals surface area contributed by atoms with E-state index in [1.54, 1.807) is 0 Å². The Labute approximate surface area is 83.2 Å². The van der Waals surface area contributed by atoms with Gasteiger partial charge in [0.25, 0.3) is 0 Å². The molecule has 0 radical (unpaired) electrons. The second kappa shape index (κ2) is 3.74. The average molecular weight is 210 g/mol. The van der Waals surface area contributed by atoms with Crippen LogP contribution in [-0.4, -0.2) is 33.0 Å². The van der Waals surface area contributed by atoms with Crippen LogP contribution < -0.4 is 5.73 Å². The average Bonchev–Trinajstić information content (AvgIpc) is 2.16. The summed E-state index contributed by atoms with van der Waals surface area (Å²) < 4.78 is 0. The number of amides is 1. The molecule has 1 heterocycles. The monoisotopic (exact) mass is 210 g/mol. The Bertz CT molecular complexity index is 454. The molecule has 0 spiro atoms. The molecule has 0 bridgehead atoms. The number of primary amides is 1. The molecule has 7 nitrogen and oxygen atoms in total. The Hall–Kier alpha value is -2.44. The number of aromatic carboxylic acids is 2. The summed E-state index contributed by atoms with van der Waals surface area (Å²) in [7, 11) is 0. The second-order valence-corrected chi connectivity index (χ2v) is 2.59. The minimum atomic E-state index is -1.48. The number of hydrogen-bond donors (Lipinski definition) is 3. The summed E-state index contributed by atoms with van der Waals surface area (Å²) in [5.74, 6) is -3.84. The summed E-state index contributed by atoms with van der Waals surface area (Å²) in [6, 6.07) is 0.876. The van der Waals surface area contributed by atoms with Gasteiger partial charge >= 0.3 is 11.9 Å². The van der Waals surface area contributed by atoms with Gasteiger partial charge in [-0.05, 0) is 6.07 Å². The molecule has 0 atom stereocenters. The first-order valence-electron chi connectivity index (χ1n) is 3.70. The first-order chi connectivity index (χ1) is 6.93. The molecule has 0 saturated carbocycles. The summed E-state index contributed by atoms with van der Waals surface area (Å²) in [6.07, 6.45) is 0.915. The van der Waals surface area contributed by atoms with Crippen LogP contribution in [0.15, 0.2) is 12.3 Å². The zero-order valence-electron chi connectivity index (χ0n) is 7.30. The largest absolute Gasteiger partial charge is 0.478 e. The minimum absolute atomic E-state index is 0.155. The molecule has 1 aromatic heterocycles. The molecular formula is C8H6N2O5. The van der Waals surface area contributed by atoms with Crippen LogP contribution in [-0.2, 0) is 0 Å². The zero-order valence-corrected chi connectivity index (χ0v) is 7.30. The molecule has 0 aliphatic carbocycles. The van der Waals surface area contributed by atoms with Gasteiger partial charge < -0.3 is 15.9 Å². The number of hydrogen-bond acceptors (Lipinski definition) is 4. The van der Waals surface area contributed by atoms with E-state index in [1.165, 1.54) is 0 Å². The van der Waals surface area contributed by atoms with Crippen molar-refractivity contribution in [3.63, 3.8) is 0 Å². The van der Waals surface area contributed by atoms with Crippen molar-refractivity contribution in [2.24, 2.45) is 5.73 Å². The van der Waals surface area contributed by atoms with Gasteiger partial charge in [-0.15, -0.1) is 0 Å². The smallest absolute Gasteiger partial charge is 0.355 e. The third-order valence-electron chi connectivity index (χ3n) is 1.61. The highest BCUT2D eigenvalue weighted by Crippen LogP contribution is 2.09. The van der Waals surface area contributed by atoms with Gasteiger partial charge in [0.05, 0.1) is 11.1 Å². The lowest BCUT2D eigenvalue weighted by atomic mass is 10.1. The van der Waals surface area contributed by atoms with E-state index in [4.69, 9.17) is 15.9 Å². The van der Waals surface area contributed by atoms with E-state index in [0.29, 0.717) is 0 Å². The van der Waals surface area contributed by atoms with E-state index in [1.807, 2.05) is 0 Å². The predicted octanol–water partition coefficient (Wildman–Crippen LogP) is -0.423. The number of aromatic nitrogens is 1. The van der Waals surface area contributed by atoms with Gasteiger partial charge in [-0.2, -0.15) is 0 Å². The quantitative estimate of drug-likeness (QED) is 0.620. The molecule has 78 valence electrons. The van der Waals surface area contributed by atoms with Crippen molar-refractivity contribution in [2.75, 3.05) is 0 Å². The number of pyridine rings is 1. The van der Waals surface area contributed by atoms with Crippen molar-refractivity contribution in [3.8, 4) is 0 Å². The molecular weight excluding hydrogens is 204 g/mol. The van der Waals surface area contributed by atoms with Crippen molar-refractivity contribution in [2.45, 2.75) is 0 Å². The van der Waals surface area contributed by atoms with Crippen molar-refractivity contribution < 1.29 is 24.6 Å². The van der Waals surface area contributed by atoms with E-state index in [2.05, 4.69) is 4.98 Å². The van der Waals surface area contributed by atoms with Gasteiger partial charge in [-0.25, -0.2) is 14.6 Å². The summed E-state index contributed by atoms with van der Waals surface area (Å²) in [5, 5.41) is 17.3. The Morgan fingerprint density at radius 2 is 1.80 bits per heavy atom. The predicted molar refractivity (Wildman–Crippen MR) is 46.7 cm³/mol. The summed E-state index contributed by atoms with van der Waals surface area (Å²) in [5.41, 5.74) is 3.53. The molecule has 0 aromatic carbocycles. The van der Waals surface area contributed by atoms with E-state index in [9.17, 15) is 14.4 Å². The van der Waals surface area contributed by atoms with Crippen LogP contribution >= 0.6 is 0 Å². The van der Waals surface area contributed by atoms with Crippen molar-refractivity contribution in [3.05, 3.63) is 29.1 Å². The fraction of sp³-hybridized carbons (Fsp3) is 0. The Morgan fingerprint density at radius 1 is 1.20 bits per heavy atom. The van der Waals surface area contributed by atoms with Gasteiger partial charge in [0.15, 0.2) is 5.69 Å². The van der Waals surface area contributed by atoms with Crippen LogP contribution in [0.25, 0.3) is 0 Å². The van der Waals surface area contributed by atoms with E-state index in [0.717, 1.165) is 12.3 Å². The van der Waals surface area contributed by atoms with Gasteiger partial charge in [-0.1, -0.05) is 0 Å². The molecule has 7 heteroatoms. The normalized spacial score (nSPS) is 9.60. The number of carboxylic acids is 2. The highest BCUT2D eigenvalue weighted by Gasteiger charge is 2.19. The van der Waals surface area contributed by atoms with Gasteiger partial charge in [0.2, 0.25) is 5.91 Å². The fourth-order valence-corrected chi connectivity index (χ4v) is 0.933. The summed E-state index contributed by atoms with van der Waals surface area (Å²) >= 11 is 0. The first-order valence-corrected chi connectivity index (χ1v) is 3.70. The maximum absolute atomic E-state index is 10.7. The molecule has 0 unspecified atom stereocenters. The van der Waals surface area contributed by atoms with Crippen molar-refractivity contribution in [1.82, 2.24) is 4.98 Å². The molecule has 1 rings (SSSR count). The Morgan fingerprint density at radius 3 is 2.20 bits per heavy atom. The highest BCUT2D eigenvalue weighted by molar-refractivity contribution is 6.02. The lowest BCUT2D eigenvalue weighted by molar-refractivity contribution is 0.0646. The molecule has 4 N–H and O–H groups in total. The highest BCUT2D eigenvalue weighted by atomic mass is 16.4. The third kappa shape index (κ3) is 2.08. The van der Waals surface area contributed by atoms with Crippen LogP contribution in [0.4, 0.5) is 0 Å². The van der Waals surface area contributed by atoms with Gasteiger partial charge in [0, 0.05) is 6.20 Å². The van der Waals surface area contributed by atoms with Crippen LogP contribution in [0.2, 0.25) is 0 Å². The van der Waals surface area contributed by atoms with Crippen molar-refractivity contribution >= 4 is 17.8 Å². The third-order valence-corrected chi connectivity index (χ3v) is 1.61. The zero-order chi connectivity index (χ0) is 11.6. The fourth-order valence-electron chi connectivity index (χ4n) is 0.933. The first kappa shape index (κ1) is 10.6. The summed E-state index contributed by atoms with van der Waals surface area (Å²) in [6.45, 7) is 0. The van der Waals surface area contributed by atoms with Crippen LogP contribution in [0.5, 0.6) is 0 Å². The molecule has 0 saturated heterocycles. The van der Waals surface area contributed by atoms with Crippen LogP contribution in [0.1, 0.15) is 31.2 Å². The molecule has 0 aliphatic heterocycles. The number of nitrogens with zero attached hydrogens (tertiary/aromatic N) is 1. The number of nitrogens with two attached hydrogens (primary N) is 1. The van der Waals surface area contributed by atoms with E-state index >= 15 is 0 Å². The van der Waals surface area contributed by atoms with Crippen molar-refractivity contribution in [1.29, 1.82) is 0 Å². The van der Waals surface area contributed by atoms with Crippen LogP contribution in [0.3, 0.4) is 0 Å². The van der Waals surface area contributed by atoms with Crippen LogP contribution in [0, 0.1) is 0 Å². The minimum Gasteiger partial charge on any atom is -0.478 e. The number of rotatable bonds is 3. The lowest BCUT2D eigenvalue weighted by Gasteiger charge is -2.01. The number of carbonyl (C=O) groups excluding carboxylic acids is 1. The molecule has 0 fully saturated rings. The number of carboxylic acid groups (broad SMARTS) is 2. The maximum Gasteiger partial charge on any atom is 0.355 e. The standard InChI is InChI=1S/C8H6N2O5/c9-6(11)3-1-4(7(12)13)5(8(14)15)10-2-3/h1-2H,(H2,9,11)(H,12,13)(H,14,15). The summed E-state index contributed by atoms with van der Waals surface area (Å²) in [4.78, 5) is 35.2. The molecule has 0 aliphatic rings. The Balaban J connectivity index is 3.40. The molecule has 15 heavy (non-hydrogen) atoms. The molecule has 1 amide bonds. The molecule has 1 aromatic rings. The van der Waals surface area contributed by atoms with Gasteiger partial charge in [0.1, 0.15) is 0 Å². The second-order valence-electron chi connectivity index (χ2n) is 2.59. The number of carbonyl (C=O) groups is 3. The maximum atomic E-state index is 10.7. The lowest BCUT2D eigenvalue weighted by Crippen LogP contribution is -2.16. The SMILES string of the molecule is NC(=O)c1cnc(C(=O)O)c(C(=O)O)c1. The van der Waals surface area contributed by atoms with Gasteiger partial charge in [-0.3, -0.25) is 4.79 Å². The van der Waals surface area contributed by atoms with E-state index in [-0.39, 0.29) is 5.56 Å². The topological polar surface area (TPSA) is 131 Å². The Kier molecular flexibility index (Phi) is 2.65. The van der Waals surface area contributed by atoms with E-state index < -0.39 is 29.1 Å².